The average Bonchev–Trinajstić information content (AvgIpc) is 2.42. The highest BCUT2D eigenvalue weighted by Crippen LogP contribution is 2.14. The Kier molecular flexibility index (Phi) is 6.30. The summed E-state index contributed by atoms with van der Waals surface area (Å²) in [5, 5.41) is 12.0. The number of aliphatic hydroxyl groups excluding tert-OH is 1. The van der Waals surface area contributed by atoms with Crippen LogP contribution in [-0.4, -0.2) is 27.3 Å². The molecule has 0 radical (unpaired) electrons. The van der Waals surface area contributed by atoms with Gasteiger partial charge < -0.3 is 16.2 Å². The van der Waals surface area contributed by atoms with Crippen LogP contribution < -0.4 is 22.3 Å². The number of nitrogens with one attached hydrogen (secondary N) is 2. The van der Waals surface area contributed by atoms with E-state index in [2.05, 4.69) is 10.3 Å². The second-order valence-electron chi connectivity index (χ2n) is 4.79. The minimum Gasteiger partial charge on any atom is -0.396 e. The number of unbranched alkanes of at least 4 members (excludes halogenated alkanes) is 1. The Labute approximate surface area is 117 Å². The first-order chi connectivity index (χ1) is 9.54. The summed E-state index contributed by atoms with van der Waals surface area (Å²) in [5.41, 5.74) is 5.15. The summed E-state index contributed by atoms with van der Waals surface area (Å²) in [6.07, 6.45) is 3.00. The van der Waals surface area contributed by atoms with E-state index >= 15 is 0 Å². The maximum absolute atomic E-state index is 11.9. The van der Waals surface area contributed by atoms with E-state index in [0.717, 1.165) is 19.3 Å². The van der Waals surface area contributed by atoms with Gasteiger partial charge in [0.15, 0.2) is 0 Å². The van der Waals surface area contributed by atoms with Crippen LogP contribution in [0.5, 0.6) is 0 Å². The van der Waals surface area contributed by atoms with Gasteiger partial charge in [0.2, 0.25) is 0 Å². The molecule has 0 spiro atoms. The number of aromatic amines is 1. The number of nitrogens with two attached hydrogens (primary N) is 1. The van der Waals surface area contributed by atoms with Crippen LogP contribution in [0.3, 0.4) is 0 Å². The zero-order chi connectivity index (χ0) is 15.1. The molecule has 0 fully saturated rings. The zero-order valence-electron chi connectivity index (χ0n) is 12.1. The Balaban J connectivity index is 3.12. The van der Waals surface area contributed by atoms with Gasteiger partial charge in [-0.15, -0.1) is 0 Å². The van der Waals surface area contributed by atoms with Crippen molar-refractivity contribution in [2.45, 2.75) is 52.1 Å². The Morgan fingerprint density at radius 1 is 1.40 bits per heavy atom. The number of hydrogen-bond donors (Lipinski definition) is 4. The monoisotopic (exact) mass is 284 g/mol. The van der Waals surface area contributed by atoms with E-state index < -0.39 is 11.2 Å². The molecule has 1 aromatic heterocycles. The summed E-state index contributed by atoms with van der Waals surface area (Å²) in [4.78, 5) is 25.9. The molecule has 1 aromatic rings. The number of anilines is 2. The van der Waals surface area contributed by atoms with Crippen LogP contribution in [0.2, 0.25) is 0 Å². The quantitative estimate of drug-likeness (QED) is 0.555. The highest BCUT2D eigenvalue weighted by atomic mass is 16.3. The normalized spacial score (nSPS) is 12.3. The number of nitrogens with zero attached hydrogens (tertiary/aromatic N) is 1. The third-order valence-electron chi connectivity index (χ3n) is 3.29. The minimum absolute atomic E-state index is 0.0266. The fraction of sp³-hybridized carbons (Fsp3) is 0.692. The smallest absolute Gasteiger partial charge is 0.330 e. The first-order valence-electron chi connectivity index (χ1n) is 7.05. The molecule has 20 heavy (non-hydrogen) atoms. The van der Waals surface area contributed by atoms with Crippen molar-refractivity contribution in [3.63, 3.8) is 0 Å². The second-order valence-corrected chi connectivity index (χ2v) is 4.79. The summed E-state index contributed by atoms with van der Waals surface area (Å²) in [5.74, 6) is 0.156. The molecule has 0 aliphatic rings. The molecule has 0 aliphatic carbocycles. The molecular formula is C13H24N4O3. The molecule has 7 nitrogen and oxygen atoms in total. The zero-order valence-corrected chi connectivity index (χ0v) is 12.1. The summed E-state index contributed by atoms with van der Waals surface area (Å²) < 4.78 is 1.37. The average molecular weight is 284 g/mol. The van der Waals surface area contributed by atoms with Crippen LogP contribution in [0.4, 0.5) is 11.5 Å². The number of aliphatic hydroxyl groups is 1. The third-order valence-corrected chi connectivity index (χ3v) is 3.29. The number of hydrogen-bond acceptors (Lipinski definition) is 5. The predicted molar refractivity (Wildman–Crippen MR) is 80.0 cm³/mol. The Morgan fingerprint density at radius 3 is 2.65 bits per heavy atom. The maximum Gasteiger partial charge on any atom is 0.330 e. The van der Waals surface area contributed by atoms with Gasteiger partial charge in [0.25, 0.3) is 5.56 Å². The van der Waals surface area contributed by atoms with Gasteiger partial charge in [0.1, 0.15) is 11.5 Å². The molecule has 0 saturated carbocycles. The van der Waals surface area contributed by atoms with Crippen LogP contribution in [0.25, 0.3) is 0 Å². The van der Waals surface area contributed by atoms with E-state index in [1.807, 2.05) is 13.8 Å². The van der Waals surface area contributed by atoms with Gasteiger partial charge in [0, 0.05) is 19.2 Å². The van der Waals surface area contributed by atoms with Gasteiger partial charge in [-0.2, -0.15) is 0 Å². The van der Waals surface area contributed by atoms with E-state index in [0.29, 0.717) is 13.0 Å². The van der Waals surface area contributed by atoms with Crippen molar-refractivity contribution in [3.8, 4) is 0 Å². The lowest BCUT2D eigenvalue weighted by Gasteiger charge is -2.19. The van der Waals surface area contributed by atoms with E-state index in [1.54, 1.807) is 0 Å². The van der Waals surface area contributed by atoms with Crippen molar-refractivity contribution >= 4 is 11.5 Å². The van der Waals surface area contributed by atoms with Gasteiger partial charge in [-0.05, 0) is 19.3 Å². The molecular weight excluding hydrogens is 260 g/mol. The van der Waals surface area contributed by atoms with Crippen LogP contribution in [0.15, 0.2) is 9.59 Å². The standard InChI is InChI=1S/C13H24N4O3/c1-3-5-7-17-11(14)10(12(19)16-13(17)20)15-9(4-2)6-8-18/h9,15,18H,3-8,14H2,1-2H3,(H,16,19,20). The van der Waals surface area contributed by atoms with E-state index in [-0.39, 0.29) is 24.2 Å². The maximum atomic E-state index is 11.9. The molecule has 5 N–H and O–H groups in total. The van der Waals surface area contributed by atoms with Crippen LogP contribution >= 0.6 is 0 Å². The largest absolute Gasteiger partial charge is 0.396 e. The number of nitrogen functional groups attached to an aromatic ring is 1. The van der Waals surface area contributed by atoms with Gasteiger partial charge in [-0.3, -0.25) is 14.3 Å². The Bertz CT molecular complexity index is 535. The first-order valence-corrected chi connectivity index (χ1v) is 7.05. The van der Waals surface area contributed by atoms with E-state index in [9.17, 15) is 9.59 Å². The second kappa shape index (κ2) is 7.74. The fourth-order valence-corrected chi connectivity index (χ4v) is 2.00. The predicted octanol–water partition coefficient (Wildman–Crippen LogP) is 0.492. The molecule has 0 aromatic carbocycles. The topological polar surface area (TPSA) is 113 Å². The van der Waals surface area contributed by atoms with Gasteiger partial charge in [-0.25, -0.2) is 4.79 Å². The summed E-state index contributed by atoms with van der Waals surface area (Å²) >= 11 is 0. The summed E-state index contributed by atoms with van der Waals surface area (Å²) in [7, 11) is 0. The SMILES string of the molecule is CCCCn1c(N)c(NC(CC)CCO)c(=O)[nH]c1=O. The van der Waals surface area contributed by atoms with Crippen molar-refractivity contribution in [1.29, 1.82) is 0 Å². The molecule has 7 heteroatoms. The van der Waals surface area contributed by atoms with Gasteiger partial charge in [-0.1, -0.05) is 20.3 Å². The van der Waals surface area contributed by atoms with Gasteiger partial charge in [0.05, 0.1) is 0 Å². The third kappa shape index (κ3) is 3.86. The Morgan fingerprint density at radius 2 is 2.10 bits per heavy atom. The molecule has 0 saturated heterocycles. The number of H-pyrrole nitrogens is 1. The minimum atomic E-state index is -0.517. The molecule has 1 unspecified atom stereocenters. The van der Waals surface area contributed by atoms with E-state index in [1.165, 1.54) is 4.57 Å². The summed E-state index contributed by atoms with van der Waals surface area (Å²) in [6.45, 7) is 4.47. The lowest BCUT2D eigenvalue weighted by atomic mass is 10.1. The van der Waals surface area contributed by atoms with Crippen LogP contribution in [0.1, 0.15) is 39.5 Å². The Hall–Kier alpha value is -1.76. The molecule has 1 atom stereocenters. The highest BCUT2D eigenvalue weighted by Gasteiger charge is 2.15. The molecule has 0 amide bonds. The molecule has 114 valence electrons. The fourth-order valence-electron chi connectivity index (χ4n) is 2.00. The lowest BCUT2D eigenvalue weighted by Crippen LogP contribution is -2.36. The molecule has 0 aliphatic heterocycles. The first kappa shape index (κ1) is 16.3. The van der Waals surface area contributed by atoms with Crippen LogP contribution in [-0.2, 0) is 6.54 Å². The van der Waals surface area contributed by atoms with Crippen molar-refractivity contribution in [2.75, 3.05) is 17.7 Å². The molecule has 1 heterocycles. The van der Waals surface area contributed by atoms with E-state index in [4.69, 9.17) is 10.8 Å². The lowest BCUT2D eigenvalue weighted by molar-refractivity contribution is 0.278. The van der Waals surface area contributed by atoms with Gasteiger partial charge >= 0.3 is 5.69 Å². The van der Waals surface area contributed by atoms with Crippen molar-refractivity contribution < 1.29 is 5.11 Å². The number of rotatable bonds is 8. The van der Waals surface area contributed by atoms with Crippen LogP contribution in [0, 0.1) is 0 Å². The summed E-state index contributed by atoms with van der Waals surface area (Å²) in [6, 6.07) is -0.0551. The molecule has 0 bridgehead atoms. The molecule has 1 rings (SSSR count). The van der Waals surface area contributed by atoms with Crippen molar-refractivity contribution in [3.05, 3.63) is 20.8 Å². The van der Waals surface area contributed by atoms with Crippen molar-refractivity contribution in [2.24, 2.45) is 0 Å². The van der Waals surface area contributed by atoms with Crippen molar-refractivity contribution in [1.82, 2.24) is 9.55 Å². The highest BCUT2D eigenvalue weighted by molar-refractivity contribution is 5.60. The number of aromatic nitrogens is 2.